The number of nitrogens with zero attached hydrogens (tertiary/aromatic N) is 2. The Kier molecular flexibility index (Phi) is 7.22. The Hall–Kier alpha value is -2.89. The number of hydrogen-bond donors (Lipinski definition) is 0. The van der Waals surface area contributed by atoms with Gasteiger partial charge in [-0.25, -0.2) is 4.39 Å². The minimum Gasteiger partial charge on any atom is -0.497 e. The average molecular weight is 398 g/mol. The van der Waals surface area contributed by atoms with Gasteiger partial charge in [-0.2, -0.15) is 0 Å². The molecule has 2 amide bonds. The lowest BCUT2D eigenvalue weighted by Crippen LogP contribution is -2.50. The van der Waals surface area contributed by atoms with Gasteiger partial charge in [-0.1, -0.05) is 30.3 Å². The number of methoxy groups -OCH3 is 1. The van der Waals surface area contributed by atoms with Gasteiger partial charge in [0.2, 0.25) is 11.8 Å². The molecule has 1 heterocycles. The summed E-state index contributed by atoms with van der Waals surface area (Å²) in [5.74, 6) is 0.632. The van der Waals surface area contributed by atoms with Crippen molar-refractivity contribution in [1.29, 1.82) is 0 Å². The molecule has 0 spiro atoms. The number of hydrogen-bond acceptors (Lipinski definition) is 3. The smallest absolute Gasteiger partial charge is 0.223 e. The molecule has 0 unspecified atom stereocenters. The lowest BCUT2D eigenvalue weighted by Gasteiger charge is -2.35. The number of halogens is 1. The summed E-state index contributed by atoms with van der Waals surface area (Å²) in [5, 5.41) is 0. The van der Waals surface area contributed by atoms with Gasteiger partial charge in [-0.15, -0.1) is 0 Å². The van der Waals surface area contributed by atoms with Crippen LogP contribution < -0.4 is 4.74 Å². The van der Waals surface area contributed by atoms with Crippen LogP contribution in [0.15, 0.2) is 48.5 Å². The molecule has 0 atom stereocenters. The first kappa shape index (κ1) is 20.8. The van der Waals surface area contributed by atoms with Crippen LogP contribution in [0, 0.1) is 5.82 Å². The zero-order valence-corrected chi connectivity index (χ0v) is 16.8. The minimum atomic E-state index is -0.272. The van der Waals surface area contributed by atoms with E-state index in [9.17, 15) is 14.0 Å². The van der Waals surface area contributed by atoms with Crippen LogP contribution >= 0.6 is 0 Å². The maximum absolute atomic E-state index is 13.7. The molecular weight excluding hydrogens is 371 g/mol. The number of amides is 2. The van der Waals surface area contributed by atoms with E-state index in [2.05, 4.69) is 0 Å². The molecule has 1 aliphatic rings. The Morgan fingerprint density at radius 3 is 2.14 bits per heavy atom. The second-order valence-corrected chi connectivity index (χ2v) is 7.20. The van der Waals surface area contributed by atoms with Crippen LogP contribution in [-0.2, 0) is 22.4 Å². The second-order valence-electron chi connectivity index (χ2n) is 7.20. The number of aryl methyl sites for hydroxylation is 2. The van der Waals surface area contributed by atoms with Gasteiger partial charge >= 0.3 is 0 Å². The van der Waals surface area contributed by atoms with E-state index < -0.39 is 0 Å². The monoisotopic (exact) mass is 398 g/mol. The fraction of sp³-hybridized carbons (Fsp3) is 0.391. The molecular formula is C23H27FN2O3. The summed E-state index contributed by atoms with van der Waals surface area (Å²) >= 11 is 0. The molecule has 3 rings (SSSR count). The quantitative estimate of drug-likeness (QED) is 0.720. The third kappa shape index (κ3) is 5.79. The molecule has 1 saturated heterocycles. The summed E-state index contributed by atoms with van der Waals surface area (Å²) in [5.41, 5.74) is 1.63. The van der Waals surface area contributed by atoms with E-state index in [4.69, 9.17) is 4.74 Å². The van der Waals surface area contributed by atoms with Crippen molar-refractivity contribution in [2.24, 2.45) is 0 Å². The molecule has 0 saturated carbocycles. The van der Waals surface area contributed by atoms with Crippen LogP contribution in [-0.4, -0.2) is 54.9 Å². The number of carbonyl (C=O) groups is 2. The lowest BCUT2D eigenvalue weighted by molar-refractivity contribution is -0.139. The molecule has 2 aromatic carbocycles. The molecule has 29 heavy (non-hydrogen) atoms. The SMILES string of the molecule is COc1cccc(CCC(=O)N2CCN(C(=O)CCc3ccccc3F)CC2)c1. The van der Waals surface area contributed by atoms with Gasteiger partial charge in [0, 0.05) is 39.0 Å². The Labute approximate surface area is 171 Å². The summed E-state index contributed by atoms with van der Waals surface area (Å²) in [6.07, 6.45) is 1.78. The second kappa shape index (κ2) is 10.0. The van der Waals surface area contributed by atoms with Crippen molar-refractivity contribution in [2.45, 2.75) is 25.7 Å². The third-order valence-electron chi connectivity index (χ3n) is 5.31. The van der Waals surface area contributed by atoms with Gasteiger partial charge in [-0.3, -0.25) is 9.59 Å². The lowest BCUT2D eigenvalue weighted by atomic mass is 10.1. The van der Waals surface area contributed by atoms with Crippen molar-refractivity contribution >= 4 is 11.8 Å². The van der Waals surface area contributed by atoms with E-state index in [1.165, 1.54) is 6.07 Å². The number of benzene rings is 2. The number of rotatable bonds is 7. The summed E-state index contributed by atoms with van der Waals surface area (Å²) < 4.78 is 18.9. The highest BCUT2D eigenvalue weighted by molar-refractivity contribution is 5.78. The molecule has 2 aromatic rings. The standard InChI is InChI=1S/C23H27FN2O3/c1-29-20-7-4-5-18(17-20)9-11-22(27)25-13-15-26(16-14-25)23(28)12-10-19-6-2-3-8-21(19)24/h2-8,17H,9-16H2,1H3. The van der Waals surface area contributed by atoms with Crippen molar-refractivity contribution in [1.82, 2.24) is 9.80 Å². The summed E-state index contributed by atoms with van der Waals surface area (Å²) in [7, 11) is 1.63. The Morgan fingerprint density at radius 1 is 0.897 bits per heavy atom. The molecule has 0 bridgehead atoms. The van der Waals surface area contributed by atoms with Crippen LogP contribution in [0.3, 0.4) is 0 Å². The van der Waals surface area contributed by atoms with Crippen LogP contribution in [0.2, 0.25) is 0 Å². The van der Waals surface area contributed by atoms with Gasteiger partial charge in [0.05, 0.1) is 7.11 Å². The molecule has 6 heteroatoms. The molecule has 1 fully saturated rings. The number of ether oxygens (including phenoxy) is 1. The predicted octanol–water partition coefficient (Wildman–Crippen LogP) is 3.07. The number of carbonyl (C=O) groups excluding carboxylic acids is 2. The normalized spacial score (nSPS) is 14.0. The van der Waals surface area contributed by atoms with Crippen molar-refractivity contribution in [3.63, 3.8) is 0 Å². The van der Waals surface area contributed by atoms with Gasteiger partial charge in [-0.05, 0) is 42.2 Å². The van der Waals surface area contributed by atoms with Gasteiger partial charge in [0.15, 0.2) is 0 Å². The maximum Gasteiger partial charge on any atom is 0.223 e. The maximum atomic E-state index is 13.7. The summed E-state index contributed by atoms with van der Waals surface area (Å²) in [4.78, 5) is 28.5. The topological polar surface area (TPSA) is 49.9 Å². The van der Waals surface area contributed by atoms with E-state index in [0.29, 0.717) is 51.0 Å². The average Bonchev–Trinajstić information content (AvgIpc) is 2.77. The van der Waals surface area contributed by atoms with Gasteiger partial charge in [0.25, 0.3) is 0 Å². The van der Waals surface area contributed by atoms with E-state index in [1.807, 2.05) is 29.2 Å². The zero-order chi connectivity index (χ0) is 20.6. The molecule has 0 aliphatic carbocycles. The minimum absolute atomic E-state index is 0.0109. The van der Waals surface area contributed by atoms with E-state index in [0.717, 1.165) is 11.3 Å². The van der Waals surface area contributed by atoms with E-state index >= 15 is 0 Å². The Morgan fingerprint density at radius 2 is 1.52 bits per heavy atom. The van der Waals surface area contributed by atoms with Crippen molar-refractivity contribution in [2.75, 3.05) is 33.3 Å². The van der Waals surface area contributed by atoms with Crippen LogP contribution in [0.5, 0.6) is 5.75 Å². The Bertz CT molecular complexity index is 848. The highest BCUT2D eigenvalue weighted by Crippen LogP contribution is 2.15. The number of piperazine rings is 1. The first-order valence-electron chi connectivity index (χ1n) is 9.98. The molecule has 5 nitrogen and oxygen atoms in total. The Balaban J connectivity index is 1.41. The highest BCUT2D eigenvalue weighted by atomic mass is 19.1. The van der Waals surface area contributed by atoms with Crippen LogP contribution in [0.1, 0.15) is 24.0 Å². The molecule has 154 valence electrons. The fourth-order valence-corrected chi connectivity index (χ4v) is 3.54. The van der Waals surface area contributed by atoms with Crippen molar-refractivity contribution < 1.29 is 18.7 Å². The highest BCUT2D eigenvalue weighted by Gasteiger charge is 2.23. The van der Waals surface area contributed by atoms with Gasteiger partial charge < -0.3 is 14.5 Å². The summed E-state index contributed by atoms with van der Waals surface area (Å²) in [6.45, 7) is 2.15. The van der Waals surface area contributed by atoms with Crippen molar-refractivity contribution in [3.05, 3.63) is 65.5 Å². The van der Waals surface area contributed by atoms with Crippen LogP contribution in [0.25, 0.3) is 0 Å². The summed E-state index contributed by atoms with van der Waals surface area (Å²) in [6, 6.07) is 14.3. The third-order valence-corrected chi connectivity index (χ3v) is 5.31. The zero-order valence-electron chi connectivity index (χ0n) is 16.8. The molecule has 0 N–H and O–H groups in total. The van der Waals surface area contributed by atoms with Gasteiger partial charge in [0.1, 0.15) is 11.6 Å². The molecule has 0 aromatic heterocycles. The van der Waals surface area contributed by atoms with E-state index in [1.54, 1.807) is 30.2 Å². The fourth-order valence-electron chi connectivity index (χ4n) is 3.54. The first-order chi connectivity index (χ1) is 14.1. The van der Waals surface area contributed by atoms with Crippen LogP contribution in [0.4, 0.5) is 4.39 Å². The van der Waals surface area contributed by atoms with E-state index in [-0.39, 0.29) is 24.1 Å². The largest absolute Gasteiger partial charge is 0.497 e. The predicted molar refractivity (Wildman–Crippen MR) is 109 cm³/mol. The first-order valence-corrected chi connectivity index (χ1v) is 9.98. The molecule has 0 radical (unpaired) electrons. The van der Waals surface area contributed by atoms with Crippen molar-refractivity contribution in [3.8, 4) is 5.75 Å². The molecule has 1 aliphatic heterocycles.